The number of alkyl halides is 5. The molecule has 0 spiro atoms. The Labute approximate surface area is 220 Å². The van der Waals surface area contributed by atoms with Crippen molar-refractivity contribution in [1.82, 2.24) is 0 Å². The number of benzene rings is 2. The van der Waals surface area contributed by atoms with Gasteiger partial charge in [-0.1, -0.05) is 6.42 Å². The van der Waals surface area contributed by atoms with Gasteiger partial charge in [-0.25, -0.2) is 13.2 Å². The van der Waals surface area contributed by atoms with Gasteiger partial charge in [0.05, 0.1) is 32.1 Å². The average molecular weight is 584 g/mol. The van der Waals surface area contributed by atoms with E-state index in [1.54, 1.807) is 0 Å². The van der Waals surface area contributed by atoms with Crippen molar-refractivity contribution in [1.29, 1.82) is 0 Å². The molecule has 2 aromatic carbocycles. The summed E-state index contributed by atoms with van der Waals surface area (Å²) in [7, 11) is -4.30. The molecule has 0 saturated heterocycles. The Morgan fingerprint density at radius 1 is 1.13 bits per heavy atom. The molecule has 0 aromatic heterocycles. The Hall–Kier alpha value is -1.88. The number of rotatable bonds is 8. The first kappa shape index (κ1) is 29.1. The van der Waals surface area contributed by atoms with Gasteiger partial charge in [-0.2, -0.15) is 13.2 Å². The molecule has 1 fully saturated rings. The lowest BCUT2D eigenvalue weighted by atomic mass is 9.85. The molecule has 0 radical (unpaired) electrons. The number of anilines is 2. The summed E-state index contributed by atoms with van der Waals surface area (Å²) in [6.45, 7) is 0.419. The van der Waals surface area contributed by atoms with E-state index in [-0.39, 0.29) is 35.9 Å². The van der Waals surface area contributed by atoms with E-state index in [1.807, 2.05) is 0 Å². The van der Waals surface area contributed by atoms with E-state index >= 15 is 0 Å². The number of nitrogens with zero attached hydrogens (tertiary/aromatic N) is 1. The van der Waals surface area contributed by atoms with Crippen LogP contribution in [0.4, 0.5) is 37.7 Å². The largest absolute Gasteiger partial charge is 0.492 e. The molecule has 13 heteroatoms. The van der Waals surface area contributed by atoms with Crippen LogP contribution in [0.1, 0.15) is 44.6 Å². The summed E-state index contributed by atoms with van der Waals surface area (Å²) in [5.74, 6) is -4.74. The second kappa shape index (κ2) is 10.9. The average Bonchev–Trinajstić information content (AvgIpc) is 2.92. The van der Waals surface area contributed by atoms with Crippen molar-refractivity contribution >= 4 is 30.5 Å². The van der Waals surface area contributed by atoms with Gasteiger partial charge in [0.1, 0.15) is 18.2 Å². The number of halogens is 6. The zero-order chi connectivity index (χ0) is 27.9. The fourth-order valence-corrected chi connectivity index (χ4v) is 7.11. The van der Waals surface area contributed by atoms with Crippen molar-refractivity contribution < 1.29 is 45.1 Å². The van der Waals surface area contributed by atoms with Crippen molar-refractivity contribution in [3.63, 3.8) is 0 Å². The standard InChI is InChI=1S/C25H28F6NO4PS/c1-23(27,28)10-7-16-13-32(18-5-3-17(26)4-6-18)20-11-19(25(29,30)31)21(12-22(20)38(35)14-16)36-15-24(37(33)34)8-2-9-24/h3-6,11-12,16,33-34H,2,7-10,13-15H2,1H3/t16-,38?/m1/s1. The molecule has 1 aliphatic carbocycles. The molecule has 4 rings (SSSR count). The molecule has 1 aliphatic heterocycles. The summed E-state index contributed by atoms with van der Waals surface area (Å²) < 4.78 is 102. The van der Waals surface area contributed by atoms with Crippen LogP contribution in [0.15, 0.2) is 41.3 Å². The molecule has 0 amide bonds. The van der Waals surface area contributed by atoms with Gasteiger partial charge in [-0.3, -0.25) is 4.21 Å². The van der Waals surface area contributed by atoms with Crippen LogP contribution in [0.25, 0.3) is 0 Å². The van der Waals surface area contributed by atoms with E-state index in [4.69, 9.17) is 4.74 Å². The lowest BCUT2D eigenvalue weighted by molar-refractivity contribution is -0.139. The molecule has 2 aliphatic rings. The van der Waals surface area contributed by atoms with E-state index in [9.17, 15) is 40.3 Å². The second-order valence-electron chi connectivity index (χ2n) is 10.0. The minimum Gasteiger partial charge on any atom is -0.492 e. The highest BCUT2D eigenvalue weighted by molar-refractivity contribution is 7.85. The highest BCUT2D eigenvalue weighted by Crippen LogP contribution is 2.55. The first-order valence-corrected chi connectivity index (χ1v) is 14.6. The molecule has 1 unspecified atom stereocenters. The molecular weight excluding hydrogens is 555 g/mol. The van der Waals surface area contributed by atoms with Crippen molar-refractivity contribution in [3.05, 3.63) is 47.8 Å². The molecule has 1 heterocycles. The zero-order valence-corrected chi connectivity index (χ0v) is 22.2. The van der Waals surface area contributed by atoms with Crippen molar-refractivity contribution in [2.45, 2.75) is 61.2 Å². The maximum absolute atomic E-state index is 14.2. The lowest BCUT2D eigenvalue weighted by Gasteiger charge is -2.41. The molecule has 2 aromatic rings. The van der Waals surface area contributed by atoms with Crippen molar-refractivity contribution in [2.75, 3.05) is 23.8 Å². The minimum absolute atomic E-state index is 0.000380. The molecule has 2 N–H and O–H groups in total. The molecule has 38 heavy (non-hydrogen) atoms. The maximum atomic E-state index is 14.2. The third-order valence-electron chi connectivity index (χ3n) is 7.07. The summed E-state index contributed by atoms with van der Waals surface area (Å²) in [4.78, 5) is 21.1. The third kappa shape index (κ3) is 6.46. The van der Waals surface area contributed by atoms with E-state index in [0.29, 0.717) is 24.9 Å². The minimum atomic E-state index is -4.87. The SMILES string of the molecule is CC(F)(F)CC[C@@H]1CN(c2ccc(F)cc2)c2cc(C(F)(F)F)c(OCC3(P(O)O)CCC3)cc2S(=O)C1. The van der Waals surface area contributed by atoms with E-state index in [2.05, 4.69) is 0 Å². The topological polar surface area (TPSA) is 70.0 Å². The van der Waals surface area contributed by atoms with Gasteiger partial charge in [0.15, 0.2) is 8.38 Å². The molecule has 1 saturated carbocycles. The Bertz CT molecular complexity index is 1170. The predicted molar refractivity (Wildman–Crippen MR) is 133 cm³/mol. The van der Waals surface area contributed by atoms with Crippen molar-refractivity contribution in [3.8, 4) is 5.75 Å². The normalized spacial score (nSPS) is 21.6. The Morgan fingerprint density at radius 2 is 1.79 bits per heavy atom. The smallest absolute Gasteiger partial charge is 0.420 e. The lowest BCUT2D eigenvalue weighted by Crippen LogP contribution is -2.41. The van der Waals surface area contributed by atoms with Crippen LogP contribution >= 0.6 is 8.38 Å². The quantitative estimate of drug-likeness (QED) is 0.266. The van der Waals surface area contributed by atoms with E-state index < -0.39 is 65.9 Å². The predicted octanol–water partition coefficient (Wildman–Crippen LogP) is 6.75. The van der Waals surface area contributed by atoms with Gasteiger partial charge in [0.25, 0.3) is 0 Å². The summed E-state index contributed by atoms with van der Waals surface area (Å²) in [5.41, 5.74) is -0.861. The number of ether oxygens (including phenoxy) is 1. The van der Waals surface area contributed by atoms with Gasteiger partial charge >= 0.3 is 6.18 Å². The molecule has 0 bridgehead atoms. The number of hydrogen-bond donors (Lipinski definition) is 2. The Kier molecular flexibility index (Phi) is 8.38. The van der Waals surface area contributed by atoms with Crippen LogP contribution in [0.5, 0.6) is 5.75 Å². The van der Waals surface area contributed by atoms with E-state index in [0.717, 1.165) is 31.2 Å². The summed E-state index contributed by atoms with van der Waals surface area (Å²) in [6.07, 6.45) is -3.90. The van der Waals surface area contributed by atoms with Crippen LogP contribution in [0.3, 0.4) is 0 Å². The monoisotopic (exact) mass is 583 g/mol. The zero-order valence-electron chi connectivity index (χ0n) is 20.5. The van der Waals surface area contributed by atoms with Gasteiger partial charge in [-0.05, 0) is 68.5 Å². The molecule has 2 atom stereocenters. The molecular formula is C25H28F6NO4PS. The van der Waals surface area contributed by atoms with E-state index in [1.165, 1.54) is 17.0 Å². The summed E-state index contributed by atoms with van der Waals surface area (Å²) >= 11 is 0. The van der Waals surface area contributed by atoms with Crippen molar-refractivity contribution in [2.24, 2.45) is 5.92 Å². The summed E-state index contributed by atoms with van der Waals surface area (Å²) in [6, 6.07) is 6.85. The highest BCUT2D eigenvalue weighted by atomic mass is 32.2. The first-order chi connectivity index (χ1) is 17.7. The molecule has 210 valence electrons. The first-order valence-electron chi connectivity index (χ1n) is 12.0. The fraction of sp³-hybridized carbons (Fsp3) is 0.520. The Balaban J connectivity index is 1.78. The molecule has 5 nitrogen and oxygen atoms in total. The summed E-state index contributed by atoms with van der Waals surface area (Å²) in [5, 5.41) is -1.03. The van der Waals surface area contributed by atoms with Crippen LogP contribution in [0.2, 0.25) is 0 Å². The van der Waals surface area contributed by atoms with Crippen LogP contribution in [-0.2, 0) is 17.0 Å². The Morgan fingerprint density at radius 3 is 2.32 bits per heavy atom. The number of hydrogen-bond acceptors (Lipinski definition) is 5. The van der Waals surface area contributed by atoms with Crippen LogP contribution in [-0.4, -0.2) is 44.0 Å². The van der Waals surface area contributed by atoms with Crippen LogP contribution in [0, 0.1) is 11.7 Å². The van der Waals surface area contributed by atoms with Gasteiger partial charge in [0.2, 0.25) is 5.92 Å². The second-order valence-corrected chi connectivity index (χ2v) is 13.0. The fourth-order valence-electron chi connectivity index (χ4n) is 4.69. The van der Waals surface area contributed by atoms with Gasteiger partial charge < -0.3 is 19.4 Å². The van der Waals surface area contributed by atoms with Gasteiger partial charge in [0, 0.05) is 24.4 Å². The van der Waals surface area contributed by atoms with Crippen LogP contribution < -0.4 is 9.64 Å². The number of fused-ring (bicyclic) bond motifs is 1. The highest BCUT2D eigenvalue weighted by Gasteiger charge is 2.46. The van der Waals surface area contributed by atoms with Gasteiger partial charge in [-0.15, -0.1) is 0 Å². The third-order valence-corrected chi connectivity index (χ3v) is 10.1. The maximum Gasteiger partial charge on any atom is 0.420 e.